The first kappa shape index (κ1) is 20.0. The van der Waals surface area contributed by atoms with E-state index in [-0.39, 0.29) is 17.1 Å². The molecule has 10 heteroatoms. The van der Waals surface area contributed by atoms with Crippen molar-refractivity contribution in [3.8, 4) is 0 Å². The number of furan rings is 1. The molecule has 142 valence electrons. The van der Waals surface area contributed by atoms with Crippen LogP contribution in [0.15, 0.2) is 47.1 Å². The molecule has 0 aliphatic rings. The fourth-order valence-corrected chi connectivity index (χ4v) is 2.15. The number of carbonyl (C=O) groups is 4. The van der Waals surface area contributed by atoms with Crippen LogP contribution in [0, 0.1) is 0 Å². The Balaban J connectivity index is 1.76. The van der Waals surface area contributed by atoms with E-state index in [1.54, 1.807) is 30.3 Å². The van der Waals surface area contributed by atoms with Gasteiger partial charge in [0, 0.05) is 0 Å². The molecule has 0 radical (unpaired) electrons. The molecule has 0 aliphatic heterocycles. The van der Waals surface area contributed by atoms with E-state index in [1.165, 1.54) is 19.3 Å². The van der Waals surface area contributed by atoms with Gasteiger partial charge < -0.3 is 15.1 Å². The lowest BCUT2D eigenvalue weighted by atomic mass is 10.2. The molecule has 4 N–H and O–H groups in total. The van der Waals surface area contributed by atoms with Crippen molar-refractivity contribution in [2.75, 3.05) is 0 Å². The van der Waals surface area contributed by atoms with Gasteiger partial charge in [-0.15, -0.1) is 0 Å². The second kappa shape index (κ2) is 9.39. The van der Waals surface area contributed by atoms with Crippen molar-refractivity contribution in [3.63, 3.8) is 0 Å². The summed E-state index contributed by atoms with van der Waals surface area (Å²) in [6, 6.07) is 8.63. The Kier molecular flexibility index (Phi) is 6.95. The Hall–Kier alpha value is -3.33. The van der Waals surface area contributed by atoms with Crippen LogP contribution in [-0.4, -0.2) is 29.7 Å². The van der Waals surface area contributed by atoms with Crippen LogP contribution >= 0.6 is 11.6 Å². The highest BCUT2D eigenvalue weighted by atomic mass is 35.5. The van der Waals surface area contributed by atoms with Crippen molar-refractivity contribution in [1.29, 1.82) is 0 Å². The van der Waals surface area contributed by atoms with E-state index < -0.39 is 29.7 Å². The molecule has 9 nitrogen and oxygen atoms in total. The Morgan fingerprint density at radius 1 is 1.04 bits per heavy atom. The quantitative estimate of drug-likeness (QED) is 0.435. The van der Waals surface area contributed by atoms with Crippen LogP contribution in [0.5, 0.6) is 0 Å². The monoisotopic (exact) mass is 392 g/mol. The van der Waals surface area contributed by atoms with E-state index in [0.29, 0.717) is 5.76 Å². The fourth-order valence-electron chi connectivity index (χ4n) is 1.93. The van der Waals surface area contributed by atoms with E-state index >= 15 is 0 Å². The molecule has 0 unspecified atom stereocenters. The van der Waals surface area contributed by atoms with Gasteiger partial charge in [0.05, 0.1) is 23.4 Å². The SMILES string of the molecule is C[C@H](NC(=O)c1ccccc1Cl)C(=O)NNC(=O)C(=O)NCc1ccco1. The van der Waals surface area contributed by atoms with Crippen LogP contribution in [0.2, 0.25) is 5.02 Å². The fraction of sp³-hybridized carbons (Fsp3) is 0.176. The first-order valence-electron chi connectivity index (χ1n) is 7.84. The van der Waals surface area contributed by atoms with Crippen molar-refractivity contribution < 1.29 is 23.6 Å². The number of benzene rings is 1. The standard InChI is InChI=1S/C17H17ClN4O5/c1-10(20-15(24)12-6-2-3-7-13(12)18)14(23)21-22-17(26)16(25)19-9-11-5-4-8-27-11/h2-8,10H,9H2,1H3,(H,19,25)(H,20,24)(H,21,23)(H,22,26)/t10-/m0/s1. The zero-order valence-electron chi connectivity index (χ0n) is 14.2. The minimum Gasteiger partial charge on any atom is -0.467 e. The summed E-state index contributed by atoms with van der Waals surface area (Å²) < 4.78 is 5.01. The first-order valence-corrected chi connectivity index (χ1v) is 8.22. The molecule has 27 heavy (non-hydrogen) atoms. The molecular formula is C17H17ClN4O5. The predicted molar refractivity (Wildman–Crippen MR) is 95.2 cm³/mol. The molecule has 0 saturated heterocycles. The Bertz CT molecular complexity index is 838. The van der Waals surface area contributed by atoms with Gasteiger partial charge in [-0.25, -0.2) is 0 Å². The molecular weight excluding hydrogens is 376 g/mol. The van der Waals surface area contributed by atoms with Crippen molar-refractivity contribution in [2.45, 2.75) is 19.5 Å². The molecule has 2 aromatic rings. The molecule has 1 atom stereocenters. The van der Waals surface area contributed by atoms with E-state index in [1.807, 2.05) is 5.43 Å². The third-order valence-electron chi connectivity index (χ3n) is 3.37. The Labute approximate surface area is 159 Å². The first-order chi connectivity index (χ1) is 12.9. The van der Waals surface area contributed by atoms with E-state index in [4.69, 9.17) is 16.0 Å². The Morgan fingerprint density at radius 3 is 2.44 bits per heavy atom. The number of hydrogen-bond donors (Lipinski definition) is 4. The predicted octanol–water partition coefficient (Wildman–Crippen LogP) is 0.515. The van der Waals surface area contributed by atoms with Crippen molar-refractivity contribution in [3.05, 3.63) is 59.0 Å². The summed E-state index contributed by atoms with van der Waals surface area (Å²) in [6.07, 6.45) is 1.43. The summed E-state index contributed by atoms with van der Waals surface area (Å²) in [6.45, 7) is 1.44. The zero-order chi connectivity index (χ0) is 19.8. The molecule has 0 aliphatic carbocycles. The minimum absolute atomic E-state index is 0.0253. The normalized spacial score (nSPS) is 11.2. The van der Waals surface area contributed by atoms with Crippen molar-refractivity contribution in [1.82, 2.24) is 21.5 Å². The number of halogens is 1. The summed E-state index contributed by atoms with van der Waals surface area (Å²) >= 11 is 5.92. The molecule has 1 aromatic carbocycles. The number of hydrazine groups is 1. The summed E-state index contributed by atoms with van der Waals surface area (Å²) in [5.74, 6) is -2.83. The smallest absolute Gasteiger partial charge is 0.327 e. The molecule has 1 heterocycles. The molecule has 2 rings (SSSR count). The van der Waals surface area contributed by atoms with Crippen molar-refractivity contribution >= 4 is 35.2 Å². The molecule has 0 saturated carbocycles. The topological polar surface area (TPSA) is 130 Å². The van der Waals surface area contributed by atoms with Gasteiger partial charge in [0.15, 0.2) is 0 Å². The van der Waals surface area contributed by atoms with Gasteiger partial charge in [0.25, 0.3) is 11.8 Å². The second-order valence-electron chi connectivity index (χ2n) is 5.38. The average molecular weight is 393 g/mol. The van der Waals surface area contributed by atoms with Gasteiger partial charge in [-0.3, -0.25) is 30.0 Å². The maximum Gasteiger partial charge on any atom is 0.327 e. The number of amides is 4. The maximum absolute atomic E-state index is 12.1. The van der Waals surface area contributed by atoms with Gasteiger partial charge in [-0.2, -0.15) is 0 Å². The summed E-state index contributed by atoms with van der Waals surface area (Å²) in [7, 11) is 0. The van der Waals surface area contributed by atoms with Gasteiger partial charge >= 0.3 is 11.8 Å². The van der Waals surface area contributed by atoms with E-state index in [9.17, 15) is 19.2 Å². The van der Waals surface area contributed by atoms with E-state index in [0.717, 1.165) is 0 Å². The van der Waals surface area contributed by atoms with Crippen LogP contribution in [0.1, 0.15) is 23.0 Å². The highest BCUT2D eigenvalue weighted by Crippen LogP contribution is 2.14. The third-order valence-corrected chi connectivity index (χ3v) is 3.70. The lowest BCUT2D eigenvalue weighted by Gasteiger charge is -2.15. The summed E-state index contributed by atoms with van der Waals surface area (Å²) in [4.78, 5) is 47.3. The van der Waals surface area contributed by atoms with Gasteiger partial charge in [0.1, 0.15) is 11.8 Å². The molecule has 1 aromatic heterocycles. The van der Waals surface area contributed by atoms with Crippen LogP contribution < -0.4 is 21.5 Å². The summed E-state index contributed by atoms with van der Waals surface area (Å²) in [5.41, 5.74) is 4.22. The molecule has 4 amide bonds. The minimum atomic E-state index is -1.07. The number of rotatable bonds is 5. The van der Waals surface area contributed by atoms with Crippen LogP contribution in [0.3, 0.4) is 0 Å². The van der Waals surface area contributed by atoms with Crippen molar-refractivity contribution in [2.24, 2.45) is 0 Å². The number of nitrogens with one attached hydrogen (secondary N) is 4. The number of hydrogen-bond acceptors (Lipinski definition) is 5. The second-order valence-corrected chi connectivity index (χ2v) is 5.79. The van der Waals surface area contributed by atoms with Gasteiger partial charge in [-0.05, 0) is 31.2 Å². The molecule has 0 spiro atoms. The highest BCUT2D eigenvalue weighted by molar-refractivity contribution is 6.35. The largest absolute Gasteiger partial charge is 0.467 e. The maximum atomic E-state index is 12.1. The lowest BCUT2D eigenvalue weighted by Crippen LogP contribution is -2.53. The lowest BCUT2D eigenvalue weighted by molar-refractivity contribution is -0.141. The zero-order valence-corrected chi connectivity index (χ0v) is 15.0. The molecule has 0 fully saturated rings. The van der Waals surface area contributed by atoms with E-state index in [2.05, 4.69) is 16.1 Å². The van der Waals surface area contributed by atoms with Gasteiger partial charge in [-0.1, -0.05) is 23.7 Å². The number of carbonyl (C=O) groups excluding carboxylic acids is 4. The van der Waals surface area contributed by atoms with Crippen LogP contribution in [-0.2, 0) is 20.9 Å². The van der Waals surface area contributed by atoms with Crippen LogP contribution in [0.25, 0.3) is 0 Å². The molecule has 0 bridgehead atoms. The Morgan fingerprint density at radius 2 is 1.78 bits per heavy atom. The average Bonchev–Trinajstić information content (AvgIpc) is 3.17. The van der Waals surface area contributed by atoms with Crippen LogP contribution in [0.4, 0.5) is 0 Å². The third kappa shape index (κ3) is 5.86. The van der Waals surface area contributed by atoms with Gasteiger partial charge in [0.2, 0.25) is 0 Å². The highest BCUT2D eigenvalue weighted by Gasteiger charge is 2.20. The summed E-state index contributed by atoms with van der Waals surface area (Å²) in [5, 5.41) is 4.99.